The minimum Gasteiger partial charge on any atom is -0.378 e. The van der Waals surface area contributed by atoms with Gasteiger partial charge in [-0.1, -0.05) is 23.2 Å². The van der Waals surface area contributed by atoms with Crippen LogP contribution in [0.3, 0.4) is 0 Å². The van der Waals surface area contributed by atoms with Crippen LogP contribution in [0, 0.1) is 0 Å². The predicted octanol–water partition coefficient (Wildman–Crippen LogP) is 4.53. The van der Waals surface area contributed by atoms with Gasteiger partial charge < -0.3 is 10.6 Å². The Morgan fingerprint density at radius 1 is 1.10 bits per heavy atom. The lowest BCUT2D eigenvalue weighted by atomic mass is 10.1. The molecule has 0 aliphatic heterocycles. The summed E-state index contributed by atoms with van der Waals surface area (Å²) in [5.74, 6) is -0.104. The topological polar surface area (TPSA) is 41.1 Å². The molecule has 2 rings (SSSR count). The second-order valence-electron chi connectivity index (χ2n) is 4.69. The van der Waals surface area contributed by atoms with Crippen LogP contribution < -0.4 is 10.6 Å². The fourth-order valence-electron chi connectivity index (χ4n) is 2.04. The van der Waals surface area contributed by atoms with E-state index < -0.39 is 0 Å². The summed E-state index contributed by atoms with van der Waals surface area (Å²) in [6.45, 7) is 2.00. The first-order chi connectivity index (χ1) is 10.0. The highest BCUT2D eigenvalue weighted by molar-refractivity contribution is 6.33. The van der Waals surface area contributed by atoms with E-state index in [2.05, 4.69) is 10.6 Å². The van der Waals surface area contributed by atoms with Gasteiger partial charge in [-0.3, -0.25) is 4.79 Å². The SMILES string of the molecule is CNC(=O)c1ccc(NC(C)c2cc(Cl)ccc2Cl)cc1. The zero-order chi connectivity index (χ0) is 15.4. The number of hydrogen-bond acceptors (Lipinski definition) is 2. The second kappa shape index (κ2) is 6.83. The number of carbonyl (C=O) groups excluding carboxylic acids is 1. The average Bonchev–Trinajstić information content (AvgIpc) is 2.49. The lowest BCUT2D eigenvalue weighted by molar-refractivity contribution is 0.0963. The smallest absolute Gasteiger partial charge is 0.251 e. The first-order valence-electron chi connectivity index (χ1n) is 6.55. The Bertz CT molecular complexity index is 641. The number of amides is 1. The van der Waals surface area contributed by atoms with E-state index in [1.165, 1.54) is 0 Å². The quantitative estimate of drug-likeness (QED) is 0.868. The van der Waals surface area contributed by atoms with Crippen LogP contribution in [0.4, 0.5) is 5.69 Å². The van der Waals surface area contributed by atoms with Crippen LogP contribution in [0.1, 0.15) is 28.9 Å². The zero-order valence-corrected chi connectivity index (χ0v) is 13.3. The van der Waals surface area contributed by atoms with Crippen molar-refractivity contribution in [3.05, 3.63) is 63.6 Å². The Hall–Kier alpha value is -1.71. The normalized spacial score (nSPS) is 11.8. The first kappa shape index (κ1) is 15.7. The second-order valence-corrected chi connectivity index (χ2v) is 5.53. The van der Waals surface area contributed by atoms with Gasteiger partial charge in [-0.2, -0.15) is 0 Å². The van der Waals surface area contributed by atoms with E-state index >= 15 is 0 Å². The van der Waals surface area contributed by atoms with Gasteiger partial charge in [-0.15, -0.1) is 0 Å². The highest BCUT2D eigenvalue weighted by atomic mass is 35.5. The maximum atomic E-state index is 11.5. The van der Waals surface area contributed by atoms with Crippen LogP contribution in [0.5, 0.6) is 0 Å². The number of benzene rings is 2. The average molecular weight is 323 g/mol. The molecule has 0 aromatic heterocycles. The Kier molecular flexibility index (Phi) is 5.10. The standard InChI is InChI=1S/C16H16Cl2N2O/c1-10(14-9-12(17)5-8-15(14)18)20-13-6-3-11(4-7-13)16(21)19-2/h3-10,20H,1-2H3,(H,19,21). The van der Waals surface area contributed by atoms with Gasteiger partial charge in [-0.25, -0.2) is 0 Å². The van der Waals surface area contributed by atoms with Gasteiger partial charge in [0.05, 0.1) is 6.04 Å². The van der Waals surface area contributed by atoms with Crippen LogP contribution >= 0.6 is 23.2 Å². The van der Waals surface area contributed by atoms with Crippen molar-refractivity contribution < 1.29 is 4.79 Å². The largest absolute Gasteiger partial charge is 0.378 e. The molecule has 0 spiro atoms. The van der Waals surface area contributed by atoms with E-state index in [9.17, 15) is 4.79 Å². The van der Waals surface area contributed by atoms with Crippen molar-refractivity contribution in [3.63, 3.8) is 0 Å². The van der Waals surface area contributed by atoms with Gasteiger partial charge in [0.25, 0.3) is 5.91 Å². The van der Waals surface area contributed by atoms with Crippen molar-refractivity contribution in [2.24, 2.45) is 0 Å². The Morgan fingerprint density at radius 2 is 1.76 bits per heavy atom. The van der Waals surface area contributed by atoms with Crippen molar-refractivity contribution in [1.29, 1.82) is 0 Å². The third-order valence-electron chi connectivity index (χ3n) is 3.18. The summed E-state index contributed by atoms with van der Waals surface area (Å²) >= 11 is 12.2. The minimum absolute atomic E-state index is 0.00190. The van der Waals surface area contributed by atoms with Gasteiger partial charge in [0.15, 0.2) is 0 Å². The number of carbonyl (C=O) groups is 1. The third-order valence-corrected chi connectivity index (χ3v) is 3.76. The summed E-state index contributed by atoms with van der Waals surface area (Å²) in [4.78, 5) is 11.5. The van der Waals surface area contributed by atoms with Crippen molar-refractivity contribution in [2.45, 2.75) is 13.0 Å². The number of rotatable bonds is 4. The Labute approximate surface area is 134 Å². The first-order valence-corrected chi connectivity index (χ1v) is 7.30. The molecule has 3 nitrogen and oxygen atoms in total. The zero-order valence-electron chi connectivity index (χ0n) is 11.8. The molecular weight excluding hydrogens is 307 g/mol. The van der Waals surface area contributed by atoms with Gasteiger partial charge in [0, 0.05) is 28.3 Å². The number of nitrogens with one attached hydrogen (secondary N) is 2. The van der Waals surface area contributed by atoms with Gasteiger partial charge in [-0.05, 0) is 55.0 Å². The van der Waals surface area contributed by atoms with Crippen LogP contribution in [0.15, 0.2) is 42.5 Å². The lowest BCUT2D eigenvalue weighted by Crippen LogP contribution is -2.17. The molecule has 0 radical (unpaired) electrons. The monoisotopic (exact) mass is 322 g/mol. The maximum absolute atomic E-state index is 11.5. The molecule has 1 atom stereocenters. The number of halogens is 2. The summed E-state index contributed by atoms with van der Waals surface area (Å²) < 4.78 is 0. The van der Waals surface area contributed by atoms with Crippen molar-refractivity contribution >= 4 is 34.8 Å². The maximum Gasteiger partial charge on any atom is 0.251 e. The summed E-state index contributed by atoms with van der Waals surface area (Å²) in [6, 6.07) is 12.7. The van der Waals surface area contributed by atoms with Crippen LogP contribution in [0.25, 0.3) is 0 Å². The molecule has 110 valence electrons. The van der Waals surface area contributed by atoms with E-state index in [1.807, 2.05) is 25.1 Å². The molecule has 0 aliphatic carbocycles. The molecule has 0 fully saturated rings. The highest BCUT2D eigenvalue weighted by Gasteiger charge is 2.11. The van der Waals surface area contributed by atoms with E-state index in [-0.39, 0.29) is 11.9 Å². The Morgan fingerprint density at radius 3 is 2.38 bits per heavy atom. The minimum atomic E-state index is -0.104. The molecule has 0 saturated heterocycles. The van der Waals surface area contributed by atoms with E-state index in [1.54, 1.807) is 31.3 Å². The van der Waals surface area contributed by atoms with E-state index in [0.29, 0.717) is 15.6 Å². The van der Waals surface area contributed by atoms with Crippen molar-refractivity contribution in [1.82, 2.24) is 5.32 Å². The van der Waals surface area contributed by atoms with Crippen molar-refractivity contribution in [2.75, 3.05) is 12.4 Å². The molecule has 1 amide bonds. The lowest BCUT2D eigenvalue weighted by Gasteiger charge is -2.17. The molecule has 2 aromatic rings. The van der Waals surface area contributed by atoms with Crippen LogP contribution in [-0.4, -0.2) is 13.0 Å². The van der Waals surface area contributed by atoms with Gasteiger partial charge in [0.1, 0.15) is 0 Å². The summed E-state index contributed by atoms with van der Waals surface area (Å²) in [6.07, 6.45) is 0. The molecule has 2 aromatic carbocycles. The third kappa shape index (κ3) is 3.90. The fraction of sp³-hybridized carbons (Fsp3) is 0.188. The van der Waals surface area contributed by atoms with Gasteiger partial charge in [0.2, 0.25) is 0 Å². The molecule has 0 bridgehead atoms. The highest BCUT2D eigenvalue weighted by Crippen LogP contribution is 2.28. The predicted molar refractivity (Wildman–Crippen MR) is 88.3 cm³/mol. The summed E-state index contributed by atoms with van der Waals surface area (Å²) in [7, 11) is 1.61. The van der Waals surface area contributed by atoms with E-state index in [0.717, 1.165) is 11.3 Å². The molecular formula is C16H16Cl2N2O. The Balaban J connectivity index is 2.14. The summed E-state index contributed by atoms with van der Waals surface area (Å²) in [5.41, 5.74) is 2.46. The van der Waals surface area contributed by atoms with Crippen LogP contribution in [-0.2, 0) is 0 Å². The number of anilines is 1. The molecule has 0 aliphatic rings. The summed E-state index contributed by atoms with van der Waals surface area (Å²) in [5, 5.41) is 7.24. The molecule has 5 heteroatoms. The molecule has 2 N–H and O–H groups in total. The van der Waals surface area contributed by atoms with Crippen LogP contribution in [0.2, 0.25) is 10.0 Å². The molecule has 0 saturated carbocycles. The molecule has 1 unspecified atom stereocenters. The fourth-order valence-corrected chi connectivity index (χ4v) is 2.50. The molecule has 21 heavy (non-hydrogen) atoms. The van der Waals surface area contributed by atoms with E-state index in [4.69, 9.17) is 23.2 Å². The molecule has 0 heterocycles. The van der Waals surface area contributed by atoms with Gasteiger partial charge >= 0.3 is 0 Å². The van der Waals surface area contributed by atoms with Crippen molar-refractivity contribution in [3.8, 4) is 0 Å². The number of hydrogen-bond donors (Lipinski definition) is 2.